The molecule has 1 aromatic rings. The minimum absolute atomic E-state index is 0.0866. The number of ether oxygens (including phenoxy) is 2. The number of rotatable bonds is 7. The van der Waals surface area contributed by atoms with Crippen molar-refractivity contribution in [2.75, 3.05) is 26.2 Å². The van der Waals surface area contributed by atoms with Crippen LogP contribution in [0.25, 0.3) is 0 Å². The highest BCUT2D eigenvalue weighted by molar-refractivity contribution is 5.40. The summed E-state index contributed by atoms with van der Waals surface area (Å²) in [6.45, 7) is 7.83. The van der Waals surface area contributed by atoms with Crippen LogP contribution >= 0.6 is 0 Å². The Balaban J connectivity index is 1.70. The minimum atomic E-state index is 0.0866. The monoisotopic (exact) mass is 264 g/mol. The minimum Gasteiger partial charge on any atom is -0.486 e. The molecule has 2 rings (SSSR count). The summed E-state index contributed by atoms with van der Waals surface area (Å²) in [6.07, 6.45) is 1.26. The normalized spacial score (nSPS) is 19.2. The summed E-state index contributed by atoms with van der Waals surface area (Å²) in [5, 5.41) is 6.88. The van der Waals surface area contributed by atoms with Crippen LogP contribution in [-0.4, -0.2) is 38.4 Å². The van der Waals surface area contributed by atoms with Crippen LogP contribution in [0.5, 0.6) is 11.5 Å². The Morgan fingerprint density at radius 2 is 2.11 bits per heavy atom. The van der Waals surface area contributed by atoms with Gasteiger partial charge in [-0.2, -0.15) is 0 Å². The molecule has 1 aromatic carbocycles. The summed E-state index contributed by atoms with van der Waals surface area (Å²) in [5.41, 5.74) is 0. The van der Waals surface area contributed by atoms with E-state index < -0.39 is 0 Å². The molecule has 1 aliphatic rings. The van der Waals surface area contributed by atoms with Gasteiger partial charge in [0.15, 0.2) is 11.5 Å². The van der Waals surface area contributed by atoms with Gasteiger partial charge in [-0.05, 0) is 32.0 Å². The van der Waals surface area contributed by atoms with Gasteiger partial charge in [0.05, 0.1) is 0 Å². The standard InChI is InChI=1S/C15H24N2O2/c1-3-8-16-9-12(2)17-10-13-11-18-14-6-4-5-7-15(14)19-13/h4-7,12-13,16-17H,3,8-11H2,1-2H3. The number of fused-ring (bicyclic) bond motifs is 1. The van der Waals surface area contributed by atoms with Crippen molar-refractivity contribution in [2.24, 2.45) is 0 Å². The lowest BCUT2D eigenvalue weighted by Crippen LogP contribution is -2.44. The molecule has 2 N–H and O–H groups in total. The first kappa shape index (κ1) is 14.2. The van der Waals surface area contributed by atoms with E-state index in [0.29, 0.717) is 12.6 Å². The van der Waals surface area contributed by atoms with Crippen LogP contribution in [0.2, 0.25) is 0 Å². The van der Waals surface area contributed by atoms with E-state index in [1.807, 2.05) is 24.3 Å². The van der Waals surface area contributed by atoms with Crippen LogP contribution in [0, 0.1) is 0 Å². The van der Waals surface area contributed by atoms with Gasteiger partial charge in [0.25, 0.3) is 0 Å². The summed E-state index contributed by atoms with van der Waals surface area (Å²) in [7, 11) is 0. The van der Waals surface area contributed by atoms with Crippen LogP contribution in [0.3, 0.4) is 0 Å². The van der Waals surface area contributed by atoms with E-state index in [2.05, 4.69) is 24.5 Å². The summed E-state index contributed by atoms with van der Waals surface area (Å²) in [6, 6.07) is 8.26. The zero-order chi connectivity index (χ0) is 13.5. The lowest BCUT2D eigenvalue weighted by molar-refractivity contribution is 0.0886. The van der Waals surface area contributed by atoms with Gasteiger partial charge in [0.2, 0.25) is 0 Å². The first-order chi connectivity index (χ1) is 9.29. The van der Waals surface area contributed by atoms with Crippen molar-refractivity contribution >= 4 is 0 Å². The molecule has 2 atom stereocenters. The van der Waals surface area contributed by atoms with Crippen LogP contribution < -0.4 is 20.1 Å². The quantitative estimate of drug-likeness (QED) is 0.737. The highest BCUT2D eigenvalue weighted by atomic mass is 16.6. The zero-order valence-electron chi connectivity index (χ0n) is 11.8. The molecule has 1 aliphatic heterocycles. The zero-order valence-corrected chi connectivity index (χ0v) is 11.8. The van der Waals surface area contributed by atoms with Crippen molar-refractivity contribution in [1.82, 2.24) is 10.6 Å². The van der Waals surface area contributed by atoms with Gasteiger partial charge in [-0.25, -0.2) is 0 Å². The topological polar surface area (TPSA) is 42.5 Å². The molecule has 0 saturated heterocycles. The predicted octanol–water partition coefficient (Wildman–Crippen LogP) is 1.80. The molecule has 0 fully saturated rings. The van der Waals surface area contributed by atoms with E-state index in [1.54, 1.807) is 0 Å². The fourth-order valence-corrected chi connectivity index (χ4v) is 2.06. The summed E-state index contributed by atoms with van der Waals surface area (Å²) in [5.74, 6) is 1.69. The maximum absolute atomic E-state index is 5.90. The van der Waals surface area contributed by atoms with E-state index in [4.69, 9.17) is 9.47 Å². The Kier molecular flexibility index (Phi) is 5.48. The third-order valence-corrected chi connectivity index (χ3v) is 3.14. The third kappa shape index (κ3) is 4.40. The molecule has 2 unspecified atom stereocenters. The fraction of sp³-hybridized carbons (Fsp3) is 0.600. The highest BCUT2D eigenvalue weighted by Gasteiger charge is 2.20. The molecule has 19 heavy (non-hydrogen) atoms. The van der Waals surface area contributed by atoms with Crippen molar-refractivity contribution in [3.63, 3.8) is 0 Å². The molecule has 0 bridgehead atoms. The Bertz CT molecular complexity index is 384. The SMILES string of the molecule is CCCNCC(C)NCC1COc2ccccc2O1. The van der Waals surface area contributed by atoms with Gasteiger partial charge < -0.3 is 20.1 Å². The molecule has 0 spiro atoms. The van der Waals surface area contributed by atoms with Crippen molar-refractivity contribution < 1.29 is 9.47 Å². The number of nitrogens with one attached hydrogen (secondary N) is 2. The van der Waals surface area contributed by atoms with Crippen LogP contribution in [0.15, 0.2) is 24.3 Å². The van der Waals surface area contributed by atoms with Crippen LogP contribution in [-0.2, 0) is 0 Å². The summed E-state index contributed by atoms with van der Waals surface area (Å²) < 4.78 is 11.6. The Hall–Kier alpha value is -1.26. The average molecular weight is 264 g/mol. The highest BCUT2D eigenvalue weighted by Crippen LogP contribution is 2.30. The molecule has 0 amide bonds. The Labute approximate surface area is 115 Å². The second kappa shape index (κ2) is 7.36. The summed E-state index contributed by atoms with van der Waals surface area (Å²) >= 11 is 0. The molecule has 0 aromatic heterocycles. The second-order valence-corrected chi connectivity index (χ2v) is 5.01. The van der Waals surface area contributed by atoms with Gasteiger partial charge in [0, 0.05) is 19.1 Å². The van der Waals surface area contributed by atoms with Crippen molar-refractivity contribution in [2.45, 2.75) is 32.4 Å². The third-order valence-electron chi connectivity index (χ3n) is 3.14. The van der Waals surface area contributed by atoms with E-state index >= 15 is 0 Å². The number of hydrogen-bond donors (Lipinski definition) is 2. The fourth-order valence-electron chi connectivity index (χ4n) is 2.06. The second-order valence-electron chi connectivity index (χ2n) is 5.01. The van der Waals surface area contributed by atoms with Crippen molar-refractivity contribution in [3.05, 3.63) is 24.3 Å². The van der Waals surface area contributed by atoms with E-state index in [0.717, 1.165) is 31.1 Å². The molecule has 4 heteroatoms. The van der Waals surface area contributed by atoms with Crippen LogP contribution in [0.4, 0.5) is 0 Å². The largest absolute Gasteiger partial charge is 0.486 e. The van der Waals surface area contributed by atoms with Gasteiger partial charge >= 0.3 is 0 Å². The molecular formula is C15H24N2O2. The lowest BCUT2D eigenvalue weighted by Gasteiger charge is -2.27. The number of benzene rings is 1. The van der Waals surface area contributed by atoms with Gasteiger partial charge in [-0.3, -0.25) is 0 Å². The Morgan fingerprint density at radius 3 is 2.89 bits per heavy atom. The molecule has 1 heterocycles. The van der Waals surface area contributed by atoms with Crippen molar-refractivity contribution in [1.29, 1.82) is 0 Å². The Morgan fingerprint density at radius 1 is 1.32 bits per heavy atom. The van der Waals surface area contributed by atoms with Crippen LogP contribution in [0.1, 0.15) is 20.3 Å². The van der Waals surface area contributed by atoms with Crippen molar-refractivity contribution in [3.8, 4) is 11.5 Å². The molecule has 4 nitrogen and oxygen atoms in total. The van der Waals surface area contributed by atoms with E-state index in [1.165, 1.54) is 6.42 Å². The maximum Gasteiger partial charge on any atom is 0.161 e. The van der Waals surface area contributed by atoms with E-state index in [-0.39, 0.29) is 6.10 Å². The molecule has 0 saturated carbocycles. The predicted molar refractivity (Wildman–Crippen MR) is 77.0 cm³/mol. The molecular weight excluding hydrogens is 240 g/mol. The summed E-state index contributed by atoms with van der Waals surface area (Å²) in [4.78, 5) is 0. The van der Waals surface area contributed by atoms with Gasteiger partial charge in [-0.1, -0.05) is 19.1 Å². The lowest BCUT2D eigenvalue weighted by atomic mass is 10.2. The molecule has 0 aliphatic carbocycles. The average Bonchev–Trinajstić information content (AvgIpc) is 2.45. The first-order valence-corrected chi connectivity index (χ1v) is 7.12. The van der Waals surface area contributed by atoms with Gasteiger partial charge in [0.1, 0.15) is 12.7 Å². The number of hydrogen-bond acceptors (Lipinski definition) is 4. The molecule has 0 radical (unpaired) electrons. The smallest absolute Gasteiger partial charge is 0.161 e. The molecule has 106 valence electrons. The van der Waals surface area contributed by atoms with Gasteiger partial charge in [-0.15, -0.1) is 0 Å². The maximum atomic E-state index is 5.90. The first-order valence-electron chi connectivity index (χ1n) is 7.12. The van der Waals surface area contributed by atoms with E-state index in [9.17, 15) is 0 Å². The number of para-hydroxylation sites is 2.